The number of nitrogens with one attached hydrogen (secondary N) is 2. The predicted octanol–water partition coefficient (Wildman–Crippen LogP) is 5.86. The molecule has 0 radical (unpaired) electrons. The molecule has 3 aromatic carbocycles. The molecule has 0 aliphatic heterocycles. The van der Waals surface area contributed by atoms with Gasteiger partial charge in [0, 0.05) is 30.5 Å². The number of nitrogens with two attached hydrogens (primary N) is 1. The van der Waals surface area contributed by atoms with E-state index in [9.17, 15) is 14.4 Å². The van der Waals surface area contributed by atoms with Crippen molar-refractivity contribution in [2.75, 3.05) is 0 Å². The first-order valence-corrected chi connectivity index (χ1v) is 15.6. The van der Waals surface area contributed by atoms with Crippen LogP contribution in [0.25, 0.3) is 0 Å². The largest absolute Gasteiger partial charge is 0.443 e. The summed E-state index contributed by atoms with van der Waals surface area (Å²) >= 11 is 0. The number of ether oxygens (including phenoxy) is 1. The Kier molecular flexibility index (Phi) is 12.7. The minimum absolute atomic E-state index is 0.0504. The highest BCUT2D eigenvalue weighted by Gasteiger charge is 2.26. The number of Topliss-reactive ketones (excluding diaryl/α,β-unsaturated/α-hetero) is 1. The molecule has 8 nitrogen and oxygen atoms in total. The highest BCUT2D eigenvalue weighted by Crippen LogP contribution is 2.20. The summed E-state index contributed by atoms with van der Waals surface area (Å²) in [5.41, 5.74) is 9.51. The van der Waals surface area contributed by atoms with Gasteiger partial charge < -0.3 is 21.1 Å². The Morgan fingerprint density at radius 3 is 2.16 bits per heavy atom. The van der Waals surface area contributed by atoms with Crippen LogP contribution in [0.2, 0.25) is 0 Å². The molecule has 232 valence electrons. The molecule has 4 N–H and O–H groups in total. The topological polar surface area (TPSA) is 123 Å². The molecule has 0 aromatic heterocycles. The Hall–Kier alpha value is -4.30. The maximum absolute atomic E-state index is 13.4. The maximum Gasteiger partial charge on any atom is 0.435 e. The molecule has 0 spiro atoms. The van der Waals surface area contributed by atoms with E-state index in [1.807, 2.05) is 60.7 Å². The number of amides is 2. The number of benzene rings is 3. The zero-order chi connectivity index (χ0) is 31.1. The van der Waals surface area contributed by atoms with Crippen LogP contribution in [0.3, 0.4) is 0 Å². The van der Waals surface area contributed by atoms with E-state index in [2.05, 4.69) is 27.8 Å². The van der Waals surface area contributed by atoms with Gasteiger partial charge in [0.2, 0.25) is 5.91 Å². The number of aliphatic imine (C=N–C) groups is 1. The second kappa shape index (κ2) is 17.1. The van der Waals surface area contributed by atoms with Crippen molar-refractivity contribution in [3.8, 4) is 0 Å². The van der Waals surface area contributed by atoms with Crippen LogP contribution in [0.1, 0.15) is 74.1 Å². The highest BCUT2D eigenvalue weighted by atomic mass is 16.5. The molecule has 1 fully saturated rings. The number of hydrogen-bond donors (Lipinski definition) is 3. The lowest BCUT2D eigenvalue weighted by Crippen LogP contribution is -2.45. The van der Waals surface area contributed by atoms with Gasteiger partial charge in [-0.1, -0.05) is 111 Å². The molecule has 0 bridgehead atoms. The van der Waals surface area contributed by atoms with Crippen LogP contribution in [-0.2, 0) is 33.9 Å². The molecule has 2 amide bonds. The first-order valence-electron chi connectivity index (χ1n) is 15.6. The Morgan fingerprint density at radius 2 is 1.50 bits per heavy atom. The summed E-state index contributed by atoms with van der Waals surface area (Å²) in [5.74, 6) is -0.465. The van der Waals surface area contributed by atoms with Crippen molar-refractivity contribution in [3.63, 3.8) is 0 Å². The second-order valence-corrected chi connectivity index (χ2v) is 11.6. The van der Waals surface area contributed by atoms with Gasteiger partial charge >= 0.3 is 6.09 Å². The number of amidine groups is 1. The minimum Gasteiger partial charge on any atom is -0.443 e. The van der Waals surface area contributed by atoms with Gasteiger partial charge in [-0.3, -0.25) is 9.59 Å². The van der Waals surface area contributed by atoms with Gasteiger partial charge in [0.15, 0.2) is 5.78 Å². The molecule has 3 aromatic rings. The highest BCUT2D eigenvalue weighted by molar-refractivity contribution is 6.02. The van der Waals surface area contributed by atoms with Gasteiger partial charge in [0.25, 0.3) is 0 Å². The molecule has 1 aliphatic rings. The van der Waals surface area contributed by atoms with E-state index in [1.165, 1.54) is 24.8 Å². The molecule has 0 unspecified atom stereocenters. The number of rotatable bonds is 14. The summed E-state index contributed by atoms with van der Waals surface area (Å²) in [6.07, 6.45) is 6.80. The van der Waals surface area contributed by atoms with Gasteiger partial charge in [-0.2, -0.15) is 4.99 Å². The number of nitrogens with zero attached hydrogens (tertiary/aromatic N) is 1. The lowest BCUT2D eigenvalue weighted by Gasteiger charge is -2.28. The standard InChI is InChI=1S/C36H44N4O4/c1-26(23-33(41)32(39-31-15-9-4-10-16-31)22-19-27-11-5-2-6-12-27)35(42)38-24-28-17-20-30(21-18-28)34(37)40-36(43)44-25-29-13-7-3-8-14-29/h2-3,5-8,11-14,17-18,20-21,26,31-32,39H,4,9-10,15-16,19,22-25H2,1H3,(H,38,42)(H2,37,40,43)/t26-,32-/m1/s1. The molecule has 2 atom stereocenters. The summed E-state index contributed by atoms with van der Waals surface area (Å²) in [4.78, 5) is 42.2. The molecule has 0 heterocycles. The molecular formula is C36H44N4O4. The quantitative estimate of drug-likeness (QED) is 0.158. The first kappa shape index (κ1) is 32.6. The number of ketones is 1. The average molecular weight is 597 g/mol. The summed E-state index contributed by atoms with van der Waals surface area (Å²) in [6.45, 7) is 2.23. The summed E-state index contributed by atoms with van der Waals surface area (Å²) in [5, 5.41) is 6.59. The van der Waals surface area contributed by atoms with Crippen molar-refractivity contribution in [3.05, 3.63) is 107 Å². The van der Waals surface area contributed by atoms with E-state index in [-0.39, 0.29) is 36.6 Å². The lowest BCUT2D eigenvalue weighted by molar-refractivity contribution is -0.130. The third-order valence-electron chi connectivity index (χ3n) is 8.08. The molecule has 0 saturated heterocycles. The van der Waals surface area contributed by atoms with Crippen LogP contribution in [-0.4, -0.2) is 35.7 Å². The van der Waals surface area contributed by atoms with Crippen molar-refractivity contribution >= 4 is 23.6 Å². The number of carbonyl (C=O) groups is 3. The zero-order valence-corrected chi connectivity index (χ0v) is 25.5. The third kappa shape index (κ3) is 10.8. The van der Waals surface area contributed by atoms with Crippen molar-refractivity contribution in [2.24, 2.45) is 16.6 Å². The molecule has 1 saturated carbocycles. The number of hydrogen-bond acceptors (Lipinski definition) is 5. The van der Waals surface area contributed by atoms with Crippen LogP contribution in [0, 0.1) is 5.92 Å². The van der Waals surface area contributed by atoms with Crippen molar-refractivity contribution < 1.29 is 19.1 Å². The van der Waals surface area contributed by atoms with Gasteiger partial charge in [-0.25, -0.2) is 4.79 Å². The monoisotopic (exact) mass is 596 g/mol. The van der Waals surface area contributed by atoms with Crippen LogP contribution >= 0.6 is 0 Å². The number of aryl methyl sites for hydroxylation is 1. The van der Waals surface area contributed by atoms with Gasteiger partial charge in [0.05, 0.1) is 6.04 Å². The molecule has 44 heavy (non-hydrogen) atoms. The van der Waals surface area contributed by atoms with Crippen molar-refractivity contribution in [1.82, 2.24) is 10.6 Å². The van der Waals surface area contributed by atoms with Crippen LogP contribution in [0.15, 0.2) is 89.9 Å². The van der Waals surface area contributed by atoms with E-state index in [0.717, 1.165) is 36.8 Å². The summed E-state index contributed by atoms with van der Waals surface area (Å²) < 4.78 is 5.16. The van der Waals surface area contributed by atoms with Crippen molar-refractivity contribution in [2.45, 2.75) is 83.5 Å². The Morgan fingerprint density at radius 1 is 0.864 bits per heavy atom. The molecule has 1 aliphatic carbocycles. The summed E-state index contributed by atoms with van der Waals surface area (Å²) in [7, 11) is 0. The fraction of sp³-hybridized carbons (Fsp3) is 0.389. The molecular weight excluding hydrogens is 552 g/mol. The van der Waals surface area contributed by atoms with E-state index in [4.69, 9.17) is 10.5 Å². The lowest BCUT2D eigenvalue weighted by atomic mass is 9.91. The fourth-order valence-corrected chi connectivity index (χ4v) is 5.45. The number of carbonyl (C=O) groups excluding carboxylic acids is 3. The van der Waals surface area contributed by atoms with Gasteiger partial charge in [-0.15, -0.1) is 0 Å². The zero-order valence-electron chi connectivity index (χ0n) is 25.5. The van der Waals surface area contributed by atoms with E-state index >= 15 is 0 Å². The second-order valence-electron chi connectivity index (χ2n) is 11.6. The first-order chi connectivity index (χ1) is 21.4. The normalized spacial score (nSPS) is 15.2. The van der Waals surface area contributed by atoms with E-state index in [1.54, 1.807) is 19.1 Å². The average Bonchev–Trinajstić information content (AvgIpc) is 3.06. The Bertz CT molecular complexity index is 1370. The Balaban J connectivity index is 1.25. The third-order valence-corrected chi connectivity index (χ3v) is 8.08. The SMILES string of the molecule is C[C@H](CC(=O)[C@@H](CCc1ccccc1)NC1CCCCC1)C(=O)NCc1ccc(C(N)=NC(=O)OCc2ccccc2)cc1. The van der Waals surface area contributed by atoms with E-state index < -0.39 is 12.0 Å². The van der Waals surface area contributed by atoms with Gasteiger partial charge in [-0.05, 0) is 42.4 Å². The Labute approximate surface area is 260 Å². The smallest absolute Gasteiger partial charge is 0.435 e. The minimum atomic E-state index is -0.762. The van der Waals surface area contributed by atoms with Gasteiger partial charge in [0.1, 0.15) is 12.4 Å². The predicted molar refractivity (Wildman–Crippen MR) is 173 cm³/mol. The fourth-order valence-electron chi connectivity index (χ4n) is 5.45. The maximum atomic E-state index is 13.4. The van der Waals surface area contributed by atoms with Crippen molar-refractivity contribution in [1.29, 1.82) is 0 Å². The van der Waals surface area contributed by atoms with Crippen LogP contribution in [0.4, 0.5) is 4.79 Å². The van der Waals surface area contributed by atoms with Crippen LogP contribution < -0.4 is 16.4 Å². The van der Waals surface area contributed by atoms with Crippen LogP contribution in [0.5, 0.6) is 0 Å². The molecule has 8 heteroatoms. The summed E-state index contributed by atoms with van der Waals surface area (Å²) in [6, 6.07) is 26.8. The van der Waals surface area contributed by atoms with E-state index in [0.29, 0.717) is 18.2 Å². The molecule has 4 rings (SSSR count).